The molecule has 0 saturated carbocycles. The van der Waals surface area contributed by atoms with Crippen LogP contribution in [0.2, 0.25) is 0 Å². The van der Waals surface area contributed by atoms with Crippen molar-refractivity contribution in [2.24, 2.45) is 0 Å². The van der Waals surface area contributed by atoms with Gasteiger partial charge in [0.1, 0.15) is 11.5 Å². The quantitative estimate of drug-likeness (QED) is 0.810. The molecule has 0 aliphatic rings. The summed E-state index contributed by atoms with van der Waals surface area (Å²) in [6.45, 7) is 0. The van der Waals surface area contributed by atoms with Gasteiger partial charge in [-0.05, 0) is 12.1 Å². The van der Waals surface area contributed by atoms with Crippen molar-refractivity contribution in [2.75, 3.05) is 0 Å². The molecule has 2 nitrogen and oxygen atoms in total. The average molecular weight is 332 g/mol. The minimum Gasteiger partial charge on any atom is -0.507 e. The zero-order valence-corrected chi connectivity index (χ0v) is 12.4. The van der Waals surface area contributed by atoms with E-state index >= 15 is 0 Å². The number of phenolic OH excluding ortho intramolecular Hbond substituents is 2. The first kappa shape index (κ1) is 22.4. The van der Waals surface area contributed by atoms with Gasteiger partial charge in [0.2, 0.25) is 0 Å². The maximum atomic E-state index is 9.58. The molecule has 0 fully saturated rings. The third-order valence-electron chi connectivity index (χ3n) is 2.10. The zero-order chi connectivity index (χ0) is 9.97. The highest BCUT2D eigenvalue weighted by Crippen LogP contribution is 2.34. The van der Waals surface area contributed by atoms with Crippen molar-refractivity contribution in [3.8, 4) is 22.6 Å². The summed E-state index contributed by atoms with van der Waals surface area (Å²) >= 11 is 0. The lowest BCUT2D eigenvalue weighted by molar-refractivity contribution is 0.469. The van der Waals surface area contributed by atoms with E-state index < -0.39 is 0 Å². The lowest BCUT2D eigenvalue weighted by Gasteiger charge is -2.05. The average Bonchev–Trinajstić information content (AvgIpc) is 2.20. The van der Waals surface area contributed by atoms with Crippen LogP contribution in [-0.2, 0) is 0 Å². The van der Waals surface area contributed by atoms with Gasteiger partial charge in [0.05, 0.1) is 0 Å². The van der Waals surface area contributed by atoms with Crippen molar-refractivity contribution in [3.05, 3.63) is 48.5 Å². The highest BCUT2D eigenvalue weighted by molar-refractivity contribution is 5.86. The van der Waals surface area contributed by atoms with Crippen LogP contribution in [-0.4, -0.2) is 10.2 Å². The topological polar surface area (TPSA) is 40.5 Å². The van der Waals surface area contributed by atoms with Crippen LogP contribution in [0.1, 0.15) is 0 Å². The molecule has 0 bridgehead atoms. The molecule has 0 aliphatic carbocycles. The van der Waals surface area contributed by atoms with E-state index in [0.717, 1.165) is 0 Å². The summed E-state index contributed by atoms with van der Waals surface area (Å²) in [7, 11) is 0. The van der Waals surface area contributed by atoms with Crippen LogP contribution in [0.4, 0.5) is 0 Å². The third-order valence-corrected chi connectivity index (χ3v) is 2.10. The molecule has 0 heterocycles. The Morgan fingerprint density at radius 3 is 1.06 bits per heavy atom. The molecule has 0 amide bonds. The van der Waals surface area contributed by atoms with Gasteiger partial charge < -0.3 is 10.2 Å². The molecule has 0 spiro atoms. The van der Waals surface area contributed by atoms with Gasteiger partial charge in [-0.3, -0.25) is 0 Å². The van der Waals surface area contributed by atoms with Gasteiger partial charge in [-0.15, -0.1) is 49.6 Å². The molecule has 102 valence electrons. The third kappa shape index (κ3) is 4.83. The molecular weight excluding hydrogens is 318 g/mol. The Morgan fingerprint density at radius 1 is 0.500 bits per heavy atom. The van der Waals surface area contributed by atoms with Gasteiger partial charge in [0, 0.05) is 11.1 Å². The van der Waals surface area contributed by atoms with E-state index in [-0.39, 0.29) is 61.1 Å². The van der Waals surface area contributed by atoms with Gasteiger partial charge in [-0.1, -0.05) is 36.4 Å². The highest BCUT2D eigenvalue weighted by Gasteiger charge is 2.06. The maximum Gasteiger partial charge on any atom is 0.123 e. The molecule has 0 radical (unpaired) electrons. The SMILES string of the molecule is Cl.Cl.Cl.Cl.Oc1ccccc1-c1ccccc1O. The predicted octanol–water partition coefficient (Wildman–Crippen LogP) is 4.45. The Balaban J connectivity index is -0.000000562. The molecule has 2 aromatic rings. The Labute approximate surface area is 131 Å². The van der Waals surface area contributed by atoms with Crippen LogP contribution in [0.25, 0.3) is 11.1 Å². The summed E-state index contributed by atoms with van der Waals surface area (Å²) in [5, 5.41) is 19.2. The Bertz CT molecular complexity index is 420. The Kier molecular flexibility index (Phi) is 12.6. The summed E-state index contributed by atoms with van der Waals surface area (Å²) in [6, 6.07) is 13.9. The summed E-state index contributed by atoms with van der Waals surface area (Å²) in [6.07, 6.45) is 0. The fourth-order valence-corrected chi connectivity index (χ4v) is 1.40. The van der Waals surface area contributed by atoms with E-state index in [9.17, 15) is 10.2 Å². The number of phenols is 2. The number of halogens is 4. The zero-order valence-electron chi connectivity index (χ0n) is 9.15. The van der Waals surface area contributed by atoms with E-state index in [1.54, 1.807) is 36.4 Å². The predicted molar refractivity (Wildman–Crippen MR) is 84.2 cm³/mol. The van der Waals surface area contributed by atoms with E-state index in [1.165, 1.54) is 0 Å². The number of benzene rings is 2. The lowest BCUT2D eigenvalue weighted by Crippen LogP contribution is -1.79. The fourth-order valence-electron chi connectivity index (χ4n) is 1.40. The summed E-state index contributed by atoms with van der Waals surface area (Å²) in [5.74, 6) is 0.350. The number of aromatic hydroxyl groups is 2. The minimum absolute atomic E-state index is 0. The smallest absolute Gasteiger partial charge is 0.123 e. The van der Waals surface area contributed by atoms with Gasteiger partial charge >= 0.3 is 0 Å². The molecular formula is C12H14Cl4O2. The summed E-state index contributed by atoms with van der Waals surface area (Å²) in [4.78, 5) is 0. The van der Waals surface area contributed by atoms with Gasteiger partial charge in [0.25, 0.3) is 0 Å². The van der Waals surface area contributed by atoms with Gasteiger partial charge in [-0.2, -0.15) is 0 Å². The van der Waals surface area contributed by atoms with Crippen LogP contribution >= 0.6 is 49.6 Å². The standard InChI is InChI=1S/C12H10O2.4ClH/c13-11-7-3-1-5-9(11)10-6-2-4-8-12(10)14;;;;/h1-8,13-14H;4*1H. The largest absolute Gasteiger partial charge is 0.507 e. The van der Waals surface area contributed by atoms with Crippen molar-refractivity contribution >= 4 is 49.6 Å². The molecule has 0 aromatic heterocycles. The van der Waals surface area contributed by atoms with E-state index in [2.05, 4.69) is 0 Å². The second kappa shape index (κ2) is 10.2. The monoisotopic (exact) mass is 330 g/mol. The second-order valence-corrected chi connectivity index (χ2v) is 3.03. The molecule has 2 N–H and O–H groups in total. The van der Waals surface area contributed by atoms with Crippen molar-refractivity contribution in [1.82, 2.24) is 0 Å². The molecule has 0 aliphatic heterocycles. The van der Waals surface area contributed by atoms with Crippen LogP contribution < -0.4 is 0 Å². The first-order valence-electron chi connectivity index (χ1n) is 4.35. The molecule has 6 heteroatoms. The maximum absolute atomic E-state index is 9.58. The molecule has 0 unspecified atom stereocenters. The summed E-state index contributed by atoms with van der Waals surface area (Å²) in [5.41, 5.74) is 1.29. The molecule has 2 aromatic carbocycles. The number of para-hydroxylation sites is 2. The molecule has 18 heavy (non-hydrogen) atoms. The highest BCUT2D eigenvalue weighted by atomic mass is 35.5. The van der Waals surface area contributed by atoms with Crippen LogP contribution in [0, 0.1) is 0 Å². The number of rotatable bonds is 1. The first-order valence-corrected chi connectivity index (χ1v) is 4.35. The molecule has 0 saturated heterocycles. The number of hydrogen-bond donors (Lipinski definition) is 2. The van der Waals surface area contributed by atoms with Crippen molar-refractivity contribution < 1.29 is 10.2 Å². The molecule has 0 atom stereocenters. The van der Waals surface area contributed by atoms with Crippen molar-refractivity contribution in [2.45, 2.75) is 0 Å². The second-order valence-electron chi connectivity index (χ2n) is 3.03. The first-order chi connectivity index (χ1) is 6.79. The van der Waals surface area contributed by atoms with Gasteiger partial charge in [-0.25, -0.2) is 0 Å². The van der Waals surface area contributed by atoms with Crippen LogP contribution in [0.3, 0.4) is 0 Å². The normalized spacial score (nSPS) is 7.78. The Morgan fingerprint density at radius 2 is 0.778 bits per heavy atom. The minimum atomic E-state index is 0. The van der Waals surface area contributed by atoms with Crippen LogP contribution in [0.5, 0.6) is 11.5 Å². The number of hydrogen-bond acceptors (Lipinski definition) is 2. The Hall–Kier alpha value is -0.800. The fraction of sp³-hybridized carbons (Fsp3) is 0. The van der Waals surface area contributed by atoms with Gasteiger partial charge in [0.15, 0.2) is 0 Å². The van der Waals surface area contributed by atoms with E-state index in [1.807, 2.05) is 12.1 Å². The summed E-state index contributed by atoms with van der Waals surface area (Å²) < 4.78 is 0. The molecule has 2 rings (SSSR count). The lowest BCUT2D eigenvalue weighted by atomic mass is 10.0. The van der Waals surface area contributed by atoms with Crippen LogP contribution in [0.15, 0.2) is 48.5 Å². The van der Waals surface area contributed by atoms with E-state index in [4.69, 9.17) is 0 Å². The van der Waals surface area contributed by atoms with Crippen molar-refractivity contribution in [1.29, 1.82) is 0 Å². The van der Waals surface area contributed by atoms with Crippen molar-refractivity contribution in [3.63, 3.8) is 0 Å². The van der Waals surface area contributed by atoms with E-state index in [0.29, 0.717) is 11.1 Å².